The van der Waals surface area contributed by atoms with Gasteiger partial charge in [0.05, 0.1) is 4.34 Å². The number of hydrogen-bond acceptors (Lipinski definition) is 2. The zero-order valence-corrected chi connectivity index (χ0v) is 13.9. The van der Waals surface area contributed by atoms with Gasteiger partial charge >= 0.3 is 0 Å². The summed E-state index contributed by atoms with van der Waals surface area (Å²) in [6.45, 7) is 8.23. The van der Waals surface area contributed by atoms with Gasteiger partial charge < -0.3 is 5.32 Å². The van der Waals surface area contributed by atoms with Crippen LogP contribution in [0.2, 0.25) is 4.34 Å². The van der Waals surface area contributed by atoms with Crippen molar-refractivity contribution in [2.24, 2.45) is 11.3 Å². The van der Waals surface area contributed by atoms with Gasteiger partial charge in [0.25, 0.3) is 0 Å². The number of halogens is 1. The summed E-state index contributed by atoms with van der Waals surface area (Å²) < 4.78 is 0.903. The molecule has 0 amide bonds. The Bertz CT molecular complexity index is 394. The van der Waals surface area contributed by atoms with Gasteiger partial charge in [0.1, 0.15) is 0 Å². The Balaban J connectivity index is 1.83. The number of nitrogens with one attached hydrogen (secondary N) is 1. The molecule has 1 aromatic rings. The van der Waals surface area contributed by atoms with E-state index in [9.17, 15) is 0 Å². The fraction of sp³-hybridized carbons (Fsp3) is 0.750. The monoisotopic (exact) mass is 299 g/mol. The van der Waals surface area contributed by atoms with Gasteiger partial charge in [0, 0.05) is 17.5 Å². The molecule has 1 nitrogen and oxygen atoms in total. The summed E-state index contributed by atoms with van der Waals surface area (Å²) in [7, 11) is 0. The lowest BCUT2D eigenvalue weighted by atomic mass is 9.69. The molecule has 19 heavy (non-hydrogen) atoms. The number of hydrogen-bond donors (Lipinski definition) is 1. The minimum atomic E-state index is 0.421. The van der Waals surface area contributed by atoms with E-state index in [0.717, 1.165) is 23.2 Å². The van der Waals surface area contributed by atoms with E-state index in [2.05, 4.69) is 32.2 Å². The lowest BCUT2D eigenvalue weighted by molar-refractivity contribution is 0.131. The van der Waals surface area contributed by atoms with Crippen LogP contribution in [-0.2, 0) is 6.42 Å². The first-order valence-electron chi connectivity index (χ1n) is 7.44. The standard InChI is InChI=1S/C16H26ClNS/c1-16(2,3)13-6-4-5-7-14(13)18-11-10-12-8-9-15(17)19-12/h8-9,13-14,18H,4-7,10-11H2,1-3H3. The molecule has 0 spiro atoms. The number of thiophene rings is 1. The Kier molecular flexibility index (Phi) is 5.33. The molecule has 2 atom stereocenters. The summed E-state index contributed by atoms with van der Waals surface area (Å²) in [5.41, 5.74) is 0.421. The molecule has 1 heterocycles. The summed E-state index contributed by atoms with van der Waals surface area (Å²) in [6, 6.07) is 4.85. The van der Waals surface area contributed by atoms with Crippen LogP contribution in [0.3, 0.4) is 0 Å². The Morgan fingerprint density at radius 3 is 2.63 bits per heavy atom. The van der Waals surface area contributed by atoms with Crippen molar-refractivity contribution in [2.45, 2.75) is 58.9 Å². The summed E-state index contributed by atoms with van der Waals surface area (Å²) in [5.74, 6) is 0.813. The largest absolute Gasteiger partial charge is 0.313 e. The first kappa shape index (κ1) is 15.3. The van der Waals surface area contributed by atoms with Crippen LogP contribution in [0.25, 0.3) is 0 Å². The maximum absolute atomic E-state index is 5.97. The van der Waals surface area contributed by atoms with E-state index in [1.54, 1.807) is 11.3 Å². The van der Waals surface area contributed by atoms with E-state index in [1.165, 1.54) is 30.6 Å². The first-order valence-corrected chi connectivity index (χ1v) is 8.64. The average Bonchev–Trinajstić information content (AvgIpc) is 2.74. The van der Waals surface area contributed by atoms with Crippen molar-refractivity contribution in [1.82, 2.24) is 5.32 Å². The van der Waals surface area contributed by atoms with Crippen LogP contribution < -0.4 is 5.32 Å². The zero-order valence-electron chi connectivity index (χ0n) is 12.3. The SMILES string of the molecule is CC(C)(C)C1CCCCC1NCCc1ccc(Cl)s1. The number of rotatable bonds is 4. The van der Waals surface area contributed by atoms with Crippen LogP contribution in [0.15, 0.2) is 12.1 Å². The molecule has 0 saturated heterocycles. The quantitative estimate of drug-likeness (QED) is 0.812. The summed E-state index contributed by atoms with van der Waals surface area (Å²) in [4.78, 5) is 1.39. The maximum Gasteiger partial charge on any atom is 0.0931 e. The predicted molar refractivity (Wildman–Crippen MR) is 86.2 cm³/mol. The molecule has 3 heteroatoms. The zero-order chi connectivity index (χ0) is 13.9. The highest BCUT2D eigenvalue weighted by Gasteiger charge is 2.33. The molecule has 0 aromatic carbocycles. The van der Waals surface area contributed by atoms with Crippen LogP contribution >= 0.6 is 22.9 Å². The van der Waals surface area contributed by atoms with Gasteiger partial charge in [-0.2, -0.15) is 0 Å². The van der Waals surface area contributed by atoms with Gasteiger partial charge in [-0.25, -0.2) is 0 Å². The van der Waals surface area contributed by atoms with E-state index in [-0.39, 0.29) is 0 Å². The lowest BCUT2D eigenvalue weighted by Crippen LogP contribution is -2.44. The molecule has 1 fully saturated rings. The van der Waals surface area contributed by atoms with Crippen LogP contribution in [0.5, 0.6) is 0 Å². The van der Waals surface area contributed by atoms with Crippen molar-refractivity contribution in [2.75, 3.05) is 6.54 Å². The van der Waals surface area contributed by atoms with E-state index in [0.29, 0.717) is 11.5 Å². The third kappa shape index (κ3) is 4.47. The molecule has 1 aromatic heterocycles. The van der Waals surface area contributed by atoms with Crippen LogP contribution in [-0.4, -0.2) is 12.6 Å². The van der Waals surface area contributed by atoms with E-state index in [4.69, 9.17) is 11.6 Å². The van der Waals surface area contributed by atoms with Gasteiger partial charge in [0.2, 0.25) is 0 Å². The van der Waals surface area contributed by atoms with Crippen LogP contribution in [0.1, 0.15) is 51.3 Å². The van der Waals surface area contributed by atoms with E-state index < -0.39 is 0 Å². The van der Waals surface area contributed by atoms with E-state index >= 15 is 0 Å². The van der Waals surface area contributed by atoms with E-state index in [1.807, 2.05) is 6.07 Å². The molecular formula is C16H26ClNS. The topological polar surface area (TPSA) is 12.0 Å². The molecule has 2 unspecified atom stereocenters. The molecule has 1 aliphatic carbocycles. The Morgan fingerprint density at radius 2 is 2.00 bits per heavy atom. The van der Waals surface area contributed by atoms with Crippen molar-refractivity contribution in [3.05, 3.63) is 21.3 Å². The minimum Gasteiger partial charge on any atom is -0.313 e. The molecular weight excluding hydrogens is 274 g/mol. The van der Waals surface area contributed by atoms with Gasteiger partial charge in [-0.05, 0) is 42.7 Å². The fourth-order valence-corrected chi connectivity index (χ4v) is 4.37. The maximum atomic E-state index is 5.97. The second-order valence-corrected chi connectivity index (χ2v) is 8.57. The normalized spacial score (nSPS) is 24.6. The molecule has 0 radical (unpaired) electrons. The van der Waals surface area contributed by atoms with Crippen molar-refractivity contribution >= 4 is 22.9 Å². The van der Waals surface area contributed by atoms with Crippen LogP contribution in [0.4, 0.5) is 0 Å². The highest BCUT2D eigenvalue weighted by molar-refractivity contribution is 7.16. The molecule has 108 valence electrons. The predicted octanol–water partition coefficient (Wildman–Crippen LogP) is 5.14. The van der Waals surface area contributed by atoms with Gasteiger partial charge in [0.15, 0.2) is 0 Å². The fourth-order valence-electron chi connectivity index (χ4n) is 3.28. The molecule has 1 saturated carbocycles. The first-order chi connectivity index (χ1) is 8.97. The van der Waals surface area contributed by atoms with Crippen molar-refractivity contribution < 1.29 is 0 Å². The molecule has 1 aliphatic rings. The Labute approximate surface area is 126 Å². The smallest absolute Gasteiger partial charge is 0.0931 e. The molecule has 2 rings (SSSR count). The molecule has 1 N–H and O–H groups in total. The Morgan fingerprint density at radius 1 is 1.26 bits per heavy atom. The Hall–Kier alpha value is -0.0500. The second-order valence-electron chi connectivity index (χ2n) is 6.77. The van der Waals surface area contributed by atoms with Gasteiger partial charge in [-0.15, -0.1) is 11.3 Å². The molecule has 0 aliphatic heterocycles. The van der Waals surface area contributed by atoms with Crippen LogP contribution in [0, 0.1) is 11.3 Å². The summed E-state index contributed by atoms with van der Waals surface area (Å²) >= 11 is 7.68. The second kappa shape index (κ2) is 6.60. The van der Waals surface area contributed by atoms with Crippen molar-refractivity contribution in [3.8, 4) is 0 Å². The average molecular weight is 300 g/mol. The van der Waals surface area contributed by atoms with Crippen molar-refractivity contribution in [3.63, 3.8) is 0 Å². The third-order valence-corrected chi connectivity index (χ3v) is 5.58. The summed E-state index contributed by atoms with van der Waals surface area (Å²) in [6.07, 6.45) is 6.61. The highest BCUT2D eigenvalue weighted by Crippen LogP contribution is 2.37. The lowest BCUT2D eigenvalue weighted by Gasteiger charge is -2.41. The minimum absolute atomic E-state index is 0.421. The third-order valence-electron chi connectivity index (χ3n) is 4.29. The van der Waals surface area contributed by atoms with Gasteiger partial charge in [-0.1, -0.05) is 45.2 Å². The summed E-state index contributed by atoms with van der Waals surface area (Å²) in [5, 5.41) is 3.80. The molecule has 0 bridgehead atoms. The van der Waals surface area contributed by atoms with Gasteiger partial charge in [-0.3, -0.25) is 0 Å². The van der Waals surface area contributed by atoms with Crippen molar-refractivity contribution in [1.29, 1.82) is 0 Å². The highest BCUT2D eigenvalue weighted by atomic mass is 35.5.